The molecule has 1 N–H and O–H groups in total. The number of rotatable bonds is 7. The lowest BCUT2D eigenvalue weighted by Gasteiger charge is -2.34. The maximum atomic E-state index is 12.3. The lowest BCUT2D eigenvalue weighted by atomic mass is 10.0. The number of hydrogen-bond acceptors (Lipinski definition) is 5. The monoisotopic (exact) mass is 312 g/mol. The first-order chi connectivity index (χ1) is 9.87. The normalized spacial score (nSPS) is 15.0. The van der Waals surface area contributed by atoms with Crippen LogP contribution in [0.5, 0.6) is 0 Å². The highest BCUT2D eigenvalue weighted by Gasteiger charge is 2.37. The molecule has 1 aliphatic carbocycles. The zero-order valence-corrected chi connectivity index (χ0v) is 13.3. The molecule has 0 bridgehead atoms. The summed E-state index contributed by atoms with van der Waals surface area (Å²) in [6.45, 7) is 5.20. The van der Waals surface area contributed by atoms with Gasteiger partial charge in [0.05, 0.1) is 5.75 Å². The number of carboxylic acids is 1. The Kier molecular flexibility index (Phi) is 4.55. The Bertz CT molecular complexity index is 539. The molecule has 1 saturated carbocycles. The first kappa shape index (κ1) is 15.8. The topological polar surface area (TPSA) is 88.3 Å². The number of thioether (sulfide) groups is 1. The molecule has 0 unspecified atom stereocenters. The summed E-state index contributed by atoms with van der Waals surface area (Å²) in [5.41, 5.74) is -1.21. The highest BCUT2D eigenvalue weighted by atomic mass is 32.2. The fourth-order valence-electron chi connectivity index (χ4n) is 2.14. The summed E-state index contributed by atoms with van der Waals surface area (Å²) in [7, 11) is 0. The van der Waals surface area contributed by atoms with Crippen molar-refractivity contribution in [3.8, 4) is 0 Å². The van der Waals surface area contributed by atoms with Crippen molar-refractivity contribution in [2.75, 3.05) is 12.3 Å². The third-order valence-electron chi connectivity index (χ3n) is 3.62. The molecule has 2 rings (SSSR count). The Hall–Kier alpha value is -1.57. The number of aliphatic carboxylic acids is 1. The molecule has 0 radical (unpaired) electrons. The van der Waals surface area contributed by atoms with Gasteiger partial charge in [0.15, 0.2) is 5.16 Å². The Morgan fingerprint density at radius 2 is 2.19 bits per heavy atom. The SMILES string of the molecule is CCN(C(=O)CSc1nncn1C1CC1)C(C)(C)C(=O)O. The van der Waals surface area contributed by atoms with E-state index in [0.717, 1.165) is 18.0 Å². The number of carboxylic acid groups (broad SMARTS) is 1. The van der Waals surface area contributed by atoms with Crippen LogP contribution in [0.3, 0.4) is 0 Å². The molecule has 0 saturated heterocycles. The van der Waals surface area contributed by atoms with E-state index in [4.69, 9.17) is 0 Å². The van der Waals surface area contributed by atoms with E-state index in [9.17, 15) is 14.7 Å². The first-order valence-corrected chi connectivity index (χ1v) is 7.92. The predicted molar refractivity (Wildman–Crippen MR) is 78.1 cm³/mol. The number of hydrogen-bond donors (Lipinski definition) is 1. The summed E-state index contributed by atoms with van der Waals surface area (Å²) in [5.74, 6) is -1.06. The third-order valence-corrected chi connectivity index (χ3v) is 4.56. The van der Waals surface area contributed by atoms with Crippen molar-refractivity contribution in [2.24, 2.45) is 0 Å². The van der Waals surface area contributed by atoms with Crippen molar-refractivity contribution >= 4 is 23.6 Å². The minimum Gasteiger partial charge on any atom is -0.480 e. The molecule has 7 nitrogen and oxygen atoms in total. The van der Waals surface area contributed by atoms with Gasteiger partial charge in [-0.15, -0.1) is 10.2 Å². The van der Waals surface area contributed by atoms with Gasteiger partial charge < -0.3 is 14.6 Å². The highest BCUT2D eigenvalue weighted by molar-refractivity contribution is 7.99. The third kappa shape index (κ3) is 3.37. The number of aromatic nitrogens is 3. The minimum absolute atomic E-state index is 0.163. The second-order valence-electron chi connectivity index (χ2n) is 5.54. The van der Waals surface area contributed by atoms with Crippen molar-refractivity contribution in [2.45, 2.75) is 50.4 Å². The van der Waals surface area contributed by atoms with Crippen LogP contribution in [0.2, 0.25) is 0 Å². The van der Waals surface area contributed by atoms with Gasteiger partial charge in [-0.25, -0.2) is 4.79 Å². The lowest BCUT2D eigenvalue weighted by Crippen LogP contribution is -2.53. The summed E-state index contributed by atoms with van der Waals surface area (Å²) in [5, 5.41) is 17.9. The van der Waals surface area contributed by atoms with Crippen LogP contribution in [0.15, 0.2) is 11.5 Å². The molecule has 116 valence electrons. The van der Waals surface area contributed by atoms with Crippen molar-refractivity contribution < 1.29 is 14.7 Å². The van der Waals surface area contributed by atoms with Crippen LogP contribution in [-0.2, 0) is 9.59 Å². The van der Waals surface area contributed by atoms with Crippen LogP contribution in [0.4, 0.5) is 0 Å². The minimum atomic E-state index is -1.21. The Balaban J connectivity index is 1.99. The zero-order chi connectivity index (χ0) is 15.6. The number of carbonyl (C=O) groups excluding carboxylic acids is 1. The van der Waals surface area contributed by atoms with Gasteiger partial charge in [-0.1, -0.05) is 11.8 Å². The standard InChI is InChI=1S/C13H20N4O3S/c1-4-17(13(2,3)11(19)20)10(18)7-21-12-15-14-8-16(12)9-5-6-9/h8-9H,4-7H2,1-3H3,(H,19,20). The van der Waals surface area contributed by atoms with Gasteiger partial charge in [-0.05, 0) is 33.6 Å². The smallest absolute Gasteiger partial charge is 0.329 e. The number of nitrogens with zero attached hydrogens (tertiary/aromatic N) is 4. The second-order valence-corrected chi connectivity index (χ2v) is 6.49. The van der Waals surface area contributed by atoms with Crippen LogP contribution in [0.25, 0.3) is 0 Å². The van der Waals surface area contributed by atoms with E-state index in [2.05, 4.69) is 10.2 Å². The van der Waals surface area contributed by atoms with Gasteiger partial charge in [-0.3, -0.25) is 4.79 Å². The zero-order valence-electron chi connectivity index (χ0n) is 12.4. The van der Waals surface area contributed by atoms with E-state index in [1.54, 1.807) is 13.3 Å². The molecule has 0 spiro atoms. The molecular weight excluding hydrogens is 292 g/mol. The predicted octanol–water partition coefficient (Wildman–Crippen LogP) is 1.42. The second kappa shape index (κ2) is 6.05. The Morgan fingerprint density at radius 1 is 1.52 bits per heavy atom. The molecule has 8 heteroatoms. The van der Waals surface area contributed by atoms with Crippen LogP contribution in [0, 0.1) is 0 Å². The van der Waals surface area contributed by atoms with Gasteiger partial charge in [0, 0.05) is 12.6 Å². The average molecular weight is 312 g/mol. The summed E-state index contributed by atoms with van der Waals surface area (Å²) >= 11 is 1.31. The van der Waals surface area contributed by atoms with E-state index < -0.39 is 11.5 Å². The maximum Gasteiger partial charge on any atom is 0.329 e. The summed E-state index contributed by atoms with van der Waals surface area (Å²) in [6, 6.07) is 0.454. The summed E-state index contributed by atoms with van der Waals surface area (Å²) < 4.78 is 1.98. The van der Waals surface area contributed by atoms with E-state index >= 15 is 0 Å². The largest absolute Gasteiger partial charge is 0.480 e. The van der Waals surface area contributed by atoms with Gasteiger partial charge in [0.2, 0.25) is 5.91 Å². The molecular formula is C13H20N4O3S. The molecule has 0 atom stereocenters. The highest BCUT2D eigenvalue weighted by Crippen LogP contribution is 2.37. The van der Waals surface area contributed by atoms with E-state index in [-0.39, 0.29) is 11.7 Å². The first-order valence-electron chi connectivity index (χ1n) is 6.94. The van der Waals surface area contributed by atoms with Crippen molar-refractivity contribution in [3.63, 3.8) is 0 Å². The van der Waals surface area contributed by atoms with E-state index in [1.165, 1.54) is 30.5 Å². The lowest BCUT2D eigenvalue weighted by molar-refractivity contribution is -0.155. The van der Waals surface area contributed by atoms with Gasteiger partial charge in [0.25, 0.3) is 0 Å². The molecule has 1 heterocycles. The van der Waals surface area contributed by atoms with Crippen LogP contribution < -0.4 is 0 Å². The fraction of sp³-hybridized carbons (Fsp3) is 0.692. The van der Waals surface area contributed by atoms with Crippen LogP contribution >= 0.6 is 11.8 Å². The molecule has 21 heavy (non-hydrogen) atoms. The molecule has 0 aromatic carbocycles. The molecule has 0 aliphatic heterocycles. The van der Waals surface area contributed by atoms with Gasteiger partial charge in [-0.2, -0.15) is 0 Å². The van der Waals surface area contributed by atoms with Gasteiger partial charge >= 0.3 is 5.97 Å². The molecule has 1 aliphatic rings. The van der Waals surface area contributed by atoms with Crippen molar-refractivity contribution in [3.05, 3.63) is 6.33 Å². The molecule has 1 aromatic heterocycles. The molecule has 1 fully saturated rings. The van der Waals surface area contributed by atoms with Crippen LogP contribution in [-0.4, -0.2) is 54.5 Å². The van der Waals surface area contributed by atoms with Crippen molar-refractivity contribution in [1.82, 2.24) is 19.7 Å². The van der Waals surface area contributed by atoms with Crippen LogP contribution in [0.1, 0.15) is 39.7 Å². The number of carbonyl (C=O) groups is 2. The van der Waals surface area contributed by atoms with Gasteiger partial charge in [0.1, 0.15) is 11.9 Å². The summed E-state index contributed by atoms with van der Waals surface area (Å²) in [4.78, 5) is 25.0. The number of amides is 1. The summed E-state index contributed by atoms with van der Waals surface area (Å²) in [6.07, 6.45) is 3.92. The quantitative estimate of drug-likeness (QED) is 0.766. The fourth-order valence-corrected chi connectivity index (χ4v) is 3.00. The molecule has 1 aromatic rings. The van der Waals surface area contributed by atoms with E-state index in [1.807, 2.05) is 4.57 Å². The molecule has 1 amide bonds. The average Bonchev–Trinajstić information content (AvgIpc) is 3.15. The maximum absolute atomic E-state index is 12.3. The van der Waals surface area contributed by atoms with Crippen molar-refractivity contribution in [1.29, 1.82) is 0 Å². The number of likely N-dealkylation sites (N-methyl/N-ethyl adjacent to an activating group) is 1. The Labute approximate surface area is 127 Å². The Morgan fingerprint density at radius 3 is 2.71 bits per heavy atom. The van der Waals surface area contributed by atoms with E-state index in [0.29, 0.717) is 12.6 Å².